The molecule has 0 heterocycles. The Morgan fingerprint density at radius 1 is 1.00 bits per heavy atom. The molecule has 3 rings (SSSR count). The number of benzene rings is 2. The van der Waals surface area contributed by atoms with Crippen LogP contribution in [-0.4, -0.2) is 41.4 Å². The minimum absolute atomic E-state index is 0.0768. The van der Waals surface area contributed by atoms with Gasteiger partial charge in [-0.25, -0.2) is 9.59 Å². The van der Waals surface area contributed by atoms with Crippen LogP contribution in [0.25, 0.3) is 11.1 Å². The first-order chi connectivity index (χ1) is 15.2. The van der Waals surface area contributed by atoms with E-state index in [9.17, 15) is 19.5 Å². The highest BCUT2D eigenvalue weighted by Gasteiger charge is 2.29. The lowest BCUT2D eigenvalue weighted by Gasteiger charge is -2.20. The zero-order chi connectivity index (χ0) is 23.3. The lowest BCUT2D eigenvalue weighted by atomic mass is 9.98. The number of nitrogens with one attached hydrogen (secondary N) is 1. The summed E-state index contributed by atoms with van der Waals surface area (Å²) < 4.78 is 10.6. The van der Waals surface area contributed by atoms with Crippen molar-refractivity contribution in [2.24, 2.45) is 0 Å². The second-order valence-corrected chi connectivity index (χ2v) is 8.84. The van der Waals surface area contributed by atoms with E-state index in [4.69, 9.17) is 9.47 Å². The van der Waals surface area contributed by atoms with Gasteiger partial charge in [0.15, 0.2) is 0 Å². The molecular formula is C25H29NO6. The Kier molecular flexibility index (Phi) is 7.18. The number of carbonyl (C=O) groups is 3. The maximum atomic E-state index is 12.3. The van der Waals surface area contributed by atoms with Crippen LogP contribution < -0.4 is 5.32 Å². The van der Waals surface area contributed by atoms with Crippen molar-refractivity contribution in [3.8, 4) is 11.1 Å². The summed E-state index contributed by atoms with van der Waals surface area (Å²) in [5, 5.41) is 11.8. The van der Waals surface area contributed by atoms with Gasteiger partial charge in [-0.15, -0.1) is 0 Å². The monoisotopic (exact) mass is 439 g/mol. The van der Waals surface area contributed by atoms with E-state index in [1.165, 1.54) is 0 Å². The summed E-state index contributed by atoms with van der Waals surface area (Å²) >= 11 is 0. The Balaban J connectivity index is 1.54. The molecule has 1 atom stereocenters. The molecule has 1 aliphatic rings. The molecule has 1 amide bonds. The molecule has 0 saturated carbocycles. The summed E-state index contributed by atoms with van der Waals surface area (Å²) in [6, 6.07) is 14.8. The molecule has 0 unspecified atom stereocenters. The smallest absolute Gasteiger partial charge is 0.407 e. The number of carboxylic acids is 1. The number of hydrogen-bond acceptors (Lipinski definition) is 5. The molecule has 0 saturated heterocycles. The number of carboxylic acid groups (broad SMARTS) is 1. The van der Waals surface area contributed by atoms with E-state index < -0.39 is 29.7 Å². The van der Waals surface area contributed by atoms with Gasteiger partial charge in [0.2, 0.25) is 0 Å². The molecule has 0 aliphatic heterocycles. The first kappa shape index (κ1) is 23.3. The molecule has 0 bridgehead atoms. The van der Waals surface area contributed by atoms with Gasteiger partial charge >= 0.3 is 18.0 Å². The van der Waals surface area contributed by atoms with Gasteiger partial charge in [0.05, 0.1) is 0 Å². The number of hydrogen-bond donors (Lipinski definition) is 2. The van der Waals surface area contributed by atoms with Crippen molar-refractivity contribution in [3.63, 3.8) is 0 Å². The molecule has 7 heteroatoms. The van der Waals surface area contributed by atoms with Gasteiger partial charge in [0.25, 0.3) is 0 Å². The van der Waals surface area contributed by atoms with Gasteiger partial charge < -0.3 is 19.9 Å². The summed E-state index contributed by atoms with van der Waals surface area (Å²) in [6.07, 6.45) is -0.349. The molecule has 7 nitrogen and oxygen atoms in total. The fourth-order valence-corrected chi connectivity index (χ4v) is 3.88. The number of ether oxygens (including phenoxy) is 2. The second-order valence-electron chi connectivity index (χ2n) is 8.84. The molecule has 0 spiro atoms. The van der Waals surface area contributed by atoms with E-state index in [1.807, 2.05) is 48.5 Å². The molecule has 0 aromatic heterocycles. The van der Waals surface area contributed by atoms with Gasteiger partial charge in [-0.1, -0.05) is 48.5 Å². The molecule has 0 fully saturated rings. The number of rotatable bonds is 8. The summed E-state index contributed by atoms with van der Waals surface area (Å²) in [5.41, 5.74) is 3.79. The highest BCUT2D eigenvalue weighted by molar-refractivity contribution is 5.81. The molecule has 0 radical (unpaired) electrons. The lowest BCUT2D eigenvalue weighted by molar-refractivity contribution is -0.155. The first-order valence-electron chi connectivity index (χ1n) is 10.7. The van der Waals surface area contributed by atoms with Crippen LogP contribution in [0.15, 0.2) is 48.5 Å². The minimum Gasteiger partial charge on any atom is -0.480 e. The number of amides is 1. The number of carbonyl (C=O) groups excluding carboxylic acids is 2. The Bertz CT molecular complexity index is 948. The molecule has 2 N–H and O–H groups in total. The van der Waals surface area contributed by atoms with Crippen LogP contribution in [0.5, 0.6) is 0 Å². The Morgan fingerprint density at radius 2 is 1.56 bits per heavy atom. The van der Waals surface area contributed by atoms with Gasteiger partial charge in [-0.2, -0.15) is 0 Å². The first-order valence-corrected chi connectivity index (χ1v) is 10.7. The van der Waals surface area contributed by atoms with Crippen LogP contribution in [-0.2, 0) is 19.1 Å². The van der Waals surface area contributed by atoms with Crippen LogP contribution >= 0.6 is 0 Å². The molecule has 170 valence electrons. The van der Waals surface area contributed by atoms with Crippen molar-refractivity contribution in [2.45, 2.75) is 57.6 Å². The zero-order valence-corrected chi connectivity index (χ0v) is 18.6. The van der Waals surface area contributed by atoms with Crippen molar-refractivity contribution in [1.82, 2.24) is 5.32 Å². The molecule has 2 aromatic rings. The topological polar surface area (TPSA) is 102 Å². The fraction of sp³-hybridized carbons (Fsp3) is 0.400. The standard InChI is InChI=1S/C25H29NO6/c1-25(2,3)32-22(27)14-8-13-21(23(28)29)26-24(30)31-15-20-18-11-6-4-9-16(18)17-10-5-7-12-19(17)20/h4-7,9-12,20-21H,8,13-15H2,1-3H3,(H,26,30)(H,28,29)/t21-/m1/s1. The van der Waals surface area contributed by atoms with Crippen molar-refractivity contribution in [1.29, 1.82) is 0 Å². The molecular weight excluding hydrogens is 410 g/mol. The predicted octanol–water partition coefficient (Wildman–Crippen LogP) is 4.49. The Hall–Kier alpha value is -3.35. The summed E-state index contributed by atoms with van der Waals surface area (Å²) in [5.74, 6) is -1.69. The van der Waals surface area contributed by atoms with Crippen LogP contribution in [0.4, 0.5) is 4.79 Å². The van der Waals surface area contributed by atoms with Crippen molar-refractivity contribution in [3.05, 3.63) is 59.7 Å². The molecule has 1 aliphatic carbocycles. The van der Waals surface area contributed by atoms with Gasteiger partial charge in [-0.3, -0.25) is 4.79 Å². The number of esters is 1. The number of aliphatic carboxylic acids is 1. The third-order valence-corrected chi connectivity index (χ3v) is 5.23. The third-order valence-electron chi connectivity index (χ3n) is 5.23. The maximum Gasteiger partial charge on any atom is 0.407 e. The average molecular weight is 440 g/mol. The van der Waals surface area contributed by atoms with Gasteiger partial charge in [-0.05, 0) is 55.9 Å². The van der Waals surface area contributed by atoms with Crippen LogP contribution in [0.3, 0.4) is 0 Å². The van der Waals surface area contributed by atoms with Crippen LogP contribution in [0, 0.1) is 0 Å². The quantitative estimate of drug-likeness (QED) is 0.588. The van der Waals surface area contributed by atoms with Crippen LogP contribution in [0.2, 0.25) is 0 Å². The highest BCUT2D eigenvalue weighted by atomic mass is 16.6. The van der Waals surface area contributed by atoms with Crippen LogP contribution in [0.1, 0.15) is 57.1 Å². The Labute approximate surface area is 187 Å². The van der Waals surface area contributed by atoms with Gasteiger partial charge in [0, 0.05) is 12.3 Å². The third kappa shape index (κ3) is 5.87. The fourth-order valence-electron chi connectivity index (χ4n) is 3.88. The van der Waals surface area contributed by atoms with Crippen molar-refractivity contribution >= 4 is 18.0 Å². The highest BCUT2D eigenvalue weighted by Crippen LogP contribution is 2.44. The normalized spacial score (nSPS) is 13.6. The summed E-state index contributed by atoms with van der Waals surface area (Å²) in [7, 11) is 0. The second kappa shape index (κ2) is 9.85. The molecule has 32 heavy (non-hydrogen) atoms. The van der Waals surface area contributed by atoms with Crippen molar-refractivity contribution in [2.75, 3.05) is 6.61 Å². The lowest BCUT2D eigenvalue weighted by Crippen LogP contribution is -2.41. The van der Waals surface area contributed by atoms with E-state index in [1.54, 1.807) is 20.8 Å². The summed E-state index contributed by atoms with van der Waals surface area (Å²) in [6.45, 7) is 5.40. The van der Waals surface area contributed by atoms with E-state index >= 15 is 0 Å². The predicted molar refractivity (Wildman–Crippen MR) is 119 cm³/mol. The van der Waals surface area contributed by atoms with E-state index in [0.29, 0.717) is 0 Å². The zero-order valence-electron chi connectivity index (χ0n) is 18.6. The summed E-state index contributed by atoms with van der Waals surface area (Å²) in [4.78, 5) is 35.7. The maximum absolute atomic E-state index is 12.3. The van der Waals surface area contributed by atoms with Gasteiger partial charge in [0.1, 0.15) is 18.2 Å². The number of fused-ring (bicyclic) bond motifs is 3. The van der Waals surface area contributed by atoms with E-state index in [-0.39, 0.29) is 31.8 Å². The number of alkyl carbamates (subject to hydrolysis) is 1. The average Bonchev–Trinajstić information content (AvgIpc) is 3.04. The SMILES string of the molecule is CC(C)(C)OC(=O)CCC[C@@H](NC(=O)OCC1c2ccccc2-c2ccccc21)C(=O)O. The molecule has 2 aromatic carbocycles. The van der Waals surface area contributed by atoms with E-state index in [0.717, 1.165) is 22.3 Å². The largest absolute Gasteiger partial charge is 0.480 e. The van der Waals surface area contributed by atoms with E-state index in [2.05, 4.69) is 5.32 Å². The van der Waals surface area contributed by atoms with Crippen molar-refractivity contribution < 1.29 is 29.0 Å². The Morgan fingerprint density at radius 3 is 2.09 bits per heavy atom. The minimum atomic E-state index is -1.18.